The van der Waals surface area contributed by atoms with Gasteiger partial charge in [-0.25, -0.2) is 0 Å². The fourth-order valence-electron chi connectivity index (χ4n) is 2.99. The summed E-state index contributed by atoms with van der Waals surface area (Å²) in [7, 11) is 0. The molecule has 138 valence electrons. The predicted molar refractivity (Wildman–Crippen MR) is 106 cm³/mol. The van der Waals surface area contributed by atoms with Crippen molar-refractivity contribution >= 4 is 17.5 Å². The van der Waals surface area contributed by atoms with Crippen molar-refractivity contribution in [3.05, 3.63) is 65.7 Å². The molecular weight excluding hydrogens is 324 g/mol. The van der Waals surface area contributed by atoms with Crippen LogP contribution in [0.15, 0.2) is 54.6 Å². The van der Waals surface area contributed by atoms with Crippen LogP contribution in [0.2, 0.25) is 0 Å². The Hall–Kier alpha value is -2.62. The second-order valence-corrected chi connectivity index (χ2v) is 6.34. The number of carbonyl (C=O) groups excluding carboxylic acids is 2. The number of aryl methyl sites for hydroxylation is 2. The molecule has 4 nitrogen and oxygen atoms in total. The third kappa shape index (κ3) is 6.03. The van der Waals surface area contributed by atoms with E-state index >= 15 is 0 Å². The van der Waals surface area contributed by atoms with Crippen LogP contribution < -0.4 is 10.2 Å². The molecule has 0 unspecified atom stereocenters. The van der Waals surface area contributed by atoms with E-state index in [0.717, 1.165) is 30.5 Å². The van der Waals surface area contributed by atoms with E-state index in [0.29, 0.717) is 19.5 Å². The molecule has 0 aliphatic rings. The highest BCUT2D eigenvalue weighted by Crippen LogP contribution is 2.21. The molecule has 0 bridgehead atoms. The molecular formula is C22H28N2O2. The Balaban J connectivity index is 1.79. The lowest BCUT2D eigenvalue weighted by Crippen LogP contribution is -2.34. The molecule has 1 N–H and O–H groups in total. The highest BCUT2D eigenvalue weighted by atomic mass is 16.2. The van der Waals surface area contributed by atoms with Crippen LogP contribution >= 0.6 is 0 Å². The van der Waals surface area contributed by atoms with Crippen molar-refractivity contribution in [3.8, 4) is 0 Å². The molecule has 0 aromatic heterocycles. The van der Waals surface area contributed by atoms with Crippen molar-refractivity contribution < 1.29 is 9.59 Å². The first kappa shape index (κ1) is 19.7. The van der Waals surface area contributed by atoms with Gasteiger partial charge in [-0.3, -0.25) is 9.59 Å². The summed E-state index contributed by atoms with van der Waals surface area (Å²) in [6.07, 6.45) is 3.02. The number of hydrogen-bond donors (Lipinski definition) is 1. The lowest BCUT2D eigenvalue weighted by atomic mass is 10.1. The summed E-state index contributed by atoms with van der Waals surface area (Å²) in [6, 6.07) is 18.1. The Bertz CT molecular complexity index is 713. The standard InChI is InChI=1S/C22H28N2O2/c1-3-20-13-7-8-14-21(20)24(18(2)25)17-15-22(26)23-16-9-12-19-10-5-4-6-11-19/h4-8,10-11,13-14H,3,9,12,15-17H2,1-2H3,(H,23,26). The molecule has 2 rings (SSSR count). The molecule has 0 aliphatic heterocycles. The van der Waals surface area contributed by atoms with Gasteiger partial charge < -0.3 is 10.2 Å². The molecule has 4 heteroatoms. The zero-order chi connectivity index (χ0) is 18.8. The van der Waals surface area contributed by atoms with E-state index < -0.39 is 0 Å². The molecule has 0 radical (unpaired) electrons. The molecule has 0 heterocycles. The zero-order valence-corrected chi connectivity index (χ0v) is 15.7. The third-order valence-electron chi connectivity index (χ3n) is 4.41. The van der Waals surface area contributed by atoms with Crippen molar-refractivity contribution in [2.45, 2.75) is 39.5 Å². The zero-order valence-electron chi connectivity index (χ0n) is 15.7. The van der Waals surface area contributed by atoms with Crippen molar-refractivity contribution in [3.63, 3.8) is 0 Å². The number of rotatable bonds is 9. The lowest BCUT2D eigenvalue weighted by Gasteiger charge is -2.23. The third-order valence-corrected chi connectivity index (χ3v) is 4.41. The largest absolute Gasteiger partial charge is 0.356 e. The van der Waals surface area contributed by atoms with E-state index in [2.05, 4.69) is 24.4 Å². The van der Waals surface area contributed by atoms with E-state index in [-0.39, 0.29) is 11.8 Å². The van der Waals surface area contributed by atoms with Gasteiger partial charge in [0.05, 0.1) is 0 Å². The minimum absolute atomic E-state index is 0.0155. The van der Waals surface area contributed by atoms with E-state index in [1.807, 2.05) is 42.5 Å². The summed E-state index contributed by atoms with van der Waals surface area (Å²) >= 11 is 0. The highest BCUT2D eigenvalue weighted by molar-refractivity contribution is 5.93. The molecule has 0 fully saturated rings. The molecule has 0 atom stereocenters. The van der Waals surface area contributed by atoms with Crippen LogP contribution in [0.3, 0.4) is 0 Å². The van der Waals surface area contributed by atoms with Crippen LogP contribution in [0.5, 0.6) is 0 Å². The Morgan fingerprint density at radius 2 is 1.69 bits per heavy atom. The molecule has 2 aromatic rings. The normalized spacial score (nSPS) is 10.4. The van der Waals surface area contributed by atoms with Crippen molar-refractivity contribution in [2.24, 2.45) is 0 Å². The minimum Gasteiger partial charge on any atom is -0.356 e. The Labute approximate surface area is 156 Å². The van der Waals surface area contributed by atoms with Crippen LogP contribution in [-0.4, -0.2) is 24.9 Å². The first-order valence-electron chi connectivity index (χ1n) is 9.28. The van der Waals surface area contributed by atoms with Gasteiger partial charge in [0.1, 0.15) is 0 Å². The van der Waals surface area contributed by atoms with Gasteiger partial charge in [0.15, 0.2) is 0 Å². The smallest absolute Gasteiger partial charge is 0.223 e. The summed E-state index contributed by atoms with van der Waals surface area (Å²) < 4.78 is 0. The summed E-state index contributed by atoms with van der Waals surface area (Å²) in [5.41, 5.74) is 3.30. The summed E-state index contributed by atoms with van der Waals surface area (Å²) in [5.74, 6) is -0.0546. The number of hydrogen-bond acceptors (Lipinski definition) is 2. The van der Waals surface area contributed by atoms with Crippen LogP contribution in [0.4, 0.5) is 5.69 Å². The number of nitrogens with zero attached hydrogens (tertiary/aromatic N) is 1. The van der Waals surface area contributed by atoms with Crippen molar-refractivity contribution in [1.29, 1.82) is 0 Å². The van der Waals surface area contributed by atoms with E-state index in [9.17, 15) is 9.59 Å². The molecule has 0 saturated heterocycles. The van der Waals surface area contributed by atoms with Crippen molar-refractivity contribution in [1.82, 2.24) is 5.32 Å². The second kappa shape index (κ2) is 10.4. The Kier molecular flexibility index (Phi) is 7.87. The first-order chi connectivity index (χ1) is 12.6. The fraction of sp³-hybridized carbons (Fsp3) is 0.364. The number of benzene rings is 2. The van der Waals surface area contributed by atoms with E-state index in [1.54, 1.807) is 11.8 Å². The van der Waals surface area contributed by atoms with Gasteiger partial charge in [-0.05, 0) is 36.5 Å². The summed E-state index contributed by atoms with van der Waals surface area (Å²) in [5, 5.41) is 2.95. The molecule has 0 aliphatic carbocycles. The van der Waals surface area contributed by atoms with Crippen LogP contribution in [0.25, 0.3) is 0 Å². The molecule has 2 amide bonds. The first-order valence-corrected chi connectivity index (χ1v) is 9.28. The number of carbonyl (C=O) groups is 2. The maximum absolute atomic E-state index is 12.1. The second-order valence-electron chi connectivity index (χ2n) is 6.34. The number of anilines is 1. The maximum Gasteiger partial charge on any atom is 0.223 e. The van der Waals surface area contributed by atoms with Gasteiger partial charge in [-0.1, -0.05) is 55.5 Å². The maximum atomic E-state index is 12.1. The molecule has 0 saturated carbocycles. The number of para-hydroxylation sites is 1. The number of amides is 2. The van der Waals surface area contributed by atoms with Crippen LogP contribution in [0, 0.1) is 0 Å². The Morgan fingerprint density at radius 1 is 1.00 bits per heavy atom. The molecule has 2 aromatic carbocycles. The Morgan fingerprint density at radius 3 is 2.38 bits per heavy atom. The highest BCUT2D eigenvalue weighted by Gasteiger charge is 2.15. The molecule has 0 spiro atoms. The van der Waals surface area contributed by atoms with Crippen LogP contribution in [0.1, 0.15) is 37.8 Å². The van der Waals surface area contributed by atoms with Gasteiger partial charge >= 0.3 is 0 Å². The average Bonchev–Trinajstić information content (AvgIpc) is 2.66. The fourth-order valence-corrected chi connectivity index (χ4v) is 2.99. The van der Waals surface area contributed by atoms with Crippen LogP contribution in [-0.2, 0) is 22.4 Å². The molecule has 26 heavy (non-hydrogen) atoms. The summed E-state index contributed by atoms with van der Waals surface area (Å²) in [4.78, 5) is 25.9. The number of nitrogens with one attached hydrogen (secondary N) is 1. The van der Waals surface area contributed by atoms with E-state index in [4.69, 9.17) is 0 Å². The van der Waals surface area contributed by atoms with Gasteiger partial charge in [-0.15, -0.1) is 0 Å². The summed E-state index contributed by atoms with van der Waals surface area (Å²) in [6.45, 7) is 4.66. The van der Waals surface area contributed by atoms with Crippen molar-refractivity contribution in [2.75, 3.05) is 18.0 Å². The average molecular weight is 352 g/mol. The minimum atomic E-state index is -0.0391. The van der Waals surface area contributed by atoms with Gasteiger partial charge in [0.25, 0.3) is 0 Å². The lowest BCUT2D eigenvalue weighted by molar-refractivity contribution is -0.121. The monoisotopic (exact) mass is 352 g/mol. The topological polar surface area (TPSA) is 49.4 Å². The predicted octanol–water partition coefficient (Wildman–Crippen LogP) is 3.74. The van der Waals surface area contributed by atoms with E-state index in [1.165, 1.54) is 5.56 Å². The van der Waals surface area contributed by atoms with Gasteiger partial charge in [0, 0.05) is 32.1 Å². The quantitative estimate of drug-likeness (QED) is 0.699. The SMILES string of the molecule is CCc1ccccc1N(CCC(=O)NCCCc1ccccc1)C(C)=O. The van der Waals surface area contributed by atoms with Gasteiger partial charge in [0.2, 0.25) is 11.8 Å². The van der Waals surface area contributed by atoms with Gasteiger partial charge in [-0.2, -0.15) is 0 Å².